The van der Waals surface area contributed by atoms with Gasteiger partial charge in [-0.3, -0.25) is 0 Å². The molecule has 2 rings (SSSR count). The van der Waals surface area contributed by atoms with Gasteiger partial charge in [0.05, 0.1) is 6.20 Å². The molecule has 1 aromatic rings. The largest absolute Gasteiger partial charge is 0.511 e. The molecule has 1 aromatic heterocycles. The van der Waals surface area contributed by atoms with Gasteiger partial charge >= 0.3 is 10.0 Å². The molecule has 0 amide bonds. The summed E-state index contributed by atoms with van der Waals surface area (Å²) in [6.45, 7) is 0. The normalized spacial score (nSPS) is 16.4. The van der Waals surface area contributed by atoms with Crippen LogP contribution in [0.2, 0.25) is 0 Å². The lowest BCUT2D eigenvalue weighted by Gasteiger charge is -1.89. The van der Waals surface area contributed by atoms with E-state index in [2.05, 4.69) is 9.97 Å². The topological polar surface area (TPSA) is 44.2 Å². The molecule has 9 heavy (non-hydrogen) atoms. The minimum atomic E-state index is -0.813. The van der Waals surface area contributed by atoms with Gasteiger partial charge in [0, 0.05) is 0 Å². The maximum absolute atomic E-state index is 5.09. The van der Waals surface area contributed by atoms with E-state index in [9.17, 15) is 0 Å². The van der Waals surface area contributed by atoms with E-state index in [-0.39, 0.29) is 0 Å². The average molecular weight is 140 g/mol. The molecule has 1 aliphatic rings. The molecule has 0 unspecified atom stereocenters. The highest BCUT2D eigenvalue weighted by atomic mass is 28.3. The van der Waals surface area contributed by atoms with Gasteiger partial charge in [0.25, 0.3) is 0 Å². The van der Waals surface area contributed by atoms with Gasteiger partial charge in [-0.25, -0.2) is 4.98 Å². The molecule has 1 aliphatic heterocycles. The van der Waals surface area contributed by atoms with Crippen LogP contribution < -0.4 is 8.85 Å². The quantitative estimate of drug-likeness (QED) is 0.445. The molecule has 0 fully saturated rings. The van der Waals surface area contributed by atoms with Crippen molar-refractivity contribution in [2.45, 2.75) is 0 Å². The average Bonchev–Trinajstić information content (AvgIpc) is 2.33. The Morgan fingerprint density at radius 1 is 1.44 bits per heavy atom. The molecular weight excluding hydrogens is 136 g/mol. The van der Waals surface area contributed by atoms with Gasteiger partial charge in [-0.15, -0.1) is 0 Å². The van der Waals surface area contributed by atoms with Crippen molar-refractivity contribution in [3.05, 3.63) is 12.5 Å². The van der Waals surface area contributed by atoms with Crippen molar-refractivity contribution in [1.29, 1.82) is 0 Å². The fraction of sp³-hybridized carbons (Fsp3) is 0. The second-order valence-electron chi connectivity index (χ2n) is 1.60. The van der Waals surface area contributed by atoms with Gasteiger partial charge in [0.2, 0.25) is 5.88 Å². The van der Waals surface area contributed by atoms with E-state index < -0.39 is 10.0 Å². The van der Waals surface area contributed by atoms with Crippen molar-refractivity contribution in [2.75, 3.05) is 0 Å². The van der Waals surface area contributed by atoms with Crippen molar-refractivity contribution in [2.24, 2.45) is 0 Å². The first-order chi connectivity index (χ1) is 4.47. The minimum absolute atomic E-state index is 0.594. The first kappa shape index (κ1) is 4.75. The first-order valence-corrected chi connectivity index (χ1v) is 3.68. The van der Waals surface area contributed by atoms with Gasteiger partial charge in [-0.05, 0) is 0 Å². The van der Waals surface area contributed by atoms with Crippen molar-refractivity contribution in [3.8, 4) is 11.6 Å². The van der Waals surface area contributed by atoms with Crippen molar-refractivity contribution in [3.63, 3.8) is 0 Å². The highest BCUT2D eigenvalue weighted by Gasteiger charge is 2.13. The van der Waals surface area contributed by atoms with E-state index in [1.807, 2.05) is 0 Å². The summed E-state index contributed by atoms with van der Waals surface area (Å²) < 4.78 is 10.2. The van der Waals surface area contributed by atoms with E-state index in [4.69, 9.17) is 8.85 Å². The summed E-state index contributed by atoms with van der Waals surface area (Å²) >= 11 is 0. The van der Waals surface area contributed by atoms with E-state index >= 15 is 0 Å². The van der Waals surface area contributed by atoms with E-state index in [0.717, 1.165) is 0 Å². The van der Waals surface area contributed by atoms with Gasteiger partial charge in [-0.1, -0.05) is 0 Å². The van der Waals surface area contributed by atoms with E-state index in [0.29, 0.717) is 11.6 Å². The molecule has 0 saturated carbocycles. The van der Waals surface area contributed by atoms with Gasteiger partial charge < -0.3 is 8.85 Å². The maximum Gasteiger partial charge on any atom is 0.429 e. The Morgan fingerprint density at radius 2 is 2.44 bits per heavy atom. The number of fused-ring (bicyclic) bond motifs is 1. The third kappa shape index (κ3) is 0.654. The van der Waals surface area contributed by atoms with Crippen LogP contribution in [0.25, 0.3) is 0 Å². The van der Waals surface area contributed by atoms with E-state index in [1.165, 1.54) is 6.33 Å². The number of hydrogen-bond donors (Lipinski definition) is 0. The predicted octanol–water partition coefficient (Wildman–Crippen LogP) is -0.753. The Morgan fingerprint density at radius 3 is 3.33 bits per heavy atom. The predicted molar refractivity (Wildman–Crippen MR) is 31.8 cm³/mol. The number of nitrogens with zero attached hydrogens (tertiary/aromatic N) is 2. The van der Waals surface area contributed by atoms with Crippen molar-refractivity contribution >= 4 is 10.0 Å². The zero-order valence-electron chi connectivity index (χ0n) is 4.57. The lowest BCUT2D eigenvalue weighted by molar-refractivity contribution is 0.534. The van der Waals surface area contributed by atoms with E-state index in [1.54, 1.807) is 6.20 Å². The standard InChI is InChI=1S/C4H4N2O2Si/c1-3-4(6-2-5-1)8-9-7-3/h1-2H,9H2. The van der Waals surface area contributed by atoms with Crippen LogP contribution in [0.5, 0.6) is 11.6 Å². The third-order valence-corrected chi connectivity index (χ3v) is 1.87. The third-order valence-electron chi connectivity index (χ3n) is 1.05. The fourth-order valence-corrected chi connectivity index (χ4v) is 1.37. The summed E-state index contributed by atoms with van der Waals surface area (Å²) in [5.41, 5.74) is 0. The molecule has 0 atom stereocenters. The maximum atomic E-state index is 5.09. The molecule has 0 bridgehead atoms. The molecule has 0 radical (unpaired) electrons. The van der Waals surface area contributed by atoms with Crippen LogP contribution in [0.4, 0.5) is 0 Å². The van der Waals surface area contributed by atoms with Crippen LogP contribution in [-0.2, 0) is 0 Å². The lowest BCUT2D eigenvalue weighted by atomic mass is 10.6. The summed E-state index contributed by atoms with van der Waals surface area (Å²) in [5.74, 6) is 1.28. The molecule has 0 N–H and O–H groups in total. The molecular formula is C4H4N2O2Si. The summed E-state index contributed by atoms with van der Waals surface area (Å²) in [5, 5.41) is 0. The Kier molecular flexibility index (Phi) is 0.893. The first-order valence-electron chi connectivity index (χ1n) is 2.52. The number of hydrogen-bond acceptors (Lipinski definition) is 4. The minimum Gasteiger partial charge on any atom is -0.511 e. The van der Waals surface area contributed by atoms with Crippen LogP contribution in [0.3, 0.4) is 0 Å². The smallest absolute Gasteiger partial charge is 0.429 e. The Hall–Kier alpha value is -1.10. The Bertz CT molecular complexity index is 207. The zero-order chi connectivity index (χ0) is 6.10. The molecule has 46 valence electrons. The van der Waals surface area contributed by atoms with Gasteiger partial charge in [0.15, 0.2) is 5.75 Å². The monoisotopic (exact) mass is 140 g/mol. The Balaban J connectivity index is 2.54. The summed E-state index contributed by atoms with van der Waals surface area (Å²) in [6, 6.07) is 0. The number of aromatic nitrogens is 2. The summed E-state index contributed by atoms with van der Waals surface area (Å²) in [4.78, 5) is 7.60. The molecule has 0 aromatic carbocycles. The van der Waals surface area contributed by atoms with Crippen molar-refractivity contribution < 1.29 is 8.85 Å². The van der Waals surface area contributed by atoms with Crippen LogP contribution in [0.15, 0.2) is 12.5 Å². The molecule has 2 heterocycles. The van der Waals surface area contributed by atoms with Crippen LogP contribution >= 0.6 is 0 Å². The lowest BCUT2D eigenvalue weighted by Crippen LogP contribution is -2.00. The van der Waals surface area contributed by atoms with Gasteiger partial charge in [0.1, 0.15) is 6.33 Å². The highest BCUT2D eigenvalue weighted by Crippen LogP contribution is 2.25. The van der Waals surface area contributed by atoms with Gasteiger partial charge in [-0.2, -0.15) is 4.98 Å². The second kappa shape index (κ2) is 1.69. The summed E-state index contributed by atoms with van der Waals surface area (Å²) in [7, 11) is -0.813. The molecule has 0 saturated heterocycles. The Labute approximate surface area is 53.9 Å². The molecule has 4 nitrogen and oxygen atoms in total. The molecule has 5 heteroatoms. The SMILES string of the molecule is c1ncc2c(n1)O[SiH2]O2. The summed E-state index contributed by atoms with van der Waals surface area (Å²) in [6.07, 6.45) is 3.06. The molecule has 0 aliphatic carbocycles. The highest BCUT2D eigenvalue weighted by molar-refractivity contribution is 6.22. The van der Waals surface area contributed by atoms with Crippen LogP contribution in [0.1, 0.15) is 0 Å². The second-order valence-corrected chi connectivity index (χ2v) is 2.41. The molecule has 0 spiro atoms. The van der Waals surface area contributed by atoms with Crippen molar-refractivity contribution in [1.82, 2.24) is 9.97 Å². The zero-order valence-corrected chi connectivity index (χ0v) is 5.99. The van der Waals surface area contributed by atoms with Crippen LogP contribution in [-0.4, -0.2) is 20.0 Å². The number of rotatable bonds is 0. The van der Waals surface area contributed by atoms with Crippen LogP contribution in [0, 0.1) is 0 Å². The fourth-order valence-electron chi connectivity index (χ4n) is 0.662.